The molecular formula is C15H17F3N4OS3. The van der Waals surface area contributed by atoms with Crippen molar-refractivity contribution >= 4 is 49.8 Å². The SMILES string of the molecule is NCCSSCCc1cnc(NC(=O)Nc2cccc(C(F)(F)F)c2)s1. The average molecular weight is 423 g/mol. The first-order chi connectivity index (χ1) is 12.4. The molecule has 0 aliphatic heterocycles. The van der Waals surface area contributed by atoms with Gasteiger partial charge in [0.25, 0.3) is 0 Å². The Balaban J connectivity index is 1.83. The molecule has 0 aliphatic rings. The predicted octanol–water partition coefficient (Wildman–Crippen LogP) is 4.69. The van der Waals surface area contributed by atoms with E-state index in [4.69, 9.17) is 5.73 Å². The zero-order valence-corrected chi connectivity index (χ0v) is 16.0. The first-order valence-corrected chi connectivity index (χ1v) is 10.8. The molecule has 11 heteroatoms. The molecule has 0 saturated carbocycles. The topological polar surface area (TPSA) is 80.0 Å². The van der Waals surface area contributed by atoms with Crippen molar-refractivity contribution in [1.29, 1.82) is 0 Å². The van der Waals surface area contributed by atoms with Gasteiger partial charge in [-0.25, -0.2) is 9.78 Å². The maximum atomic E-state index is 12.7. The first kappa shape index (κ1) is 20.9. The Kier molecular flexibility index (Phi) is 8.07. The molecule has 1 aromatic heterocycles. The summed E-state index contributed by atoms with van der Waals surface area (Å²) in [5.41, 5.74) is 4.65. The van der Waals surface area contributed by atoms with Crippen molar-refractivity contribution in [1.82, 2.24) is 4.98 Å². The summed E-state index contributed by atoms with van der Waals surface area (Å²) in [5, 5.41) is 5.30. The monoisotopic (exact) mass is 422 g/mol. The van der Waals surface area contributed by atoms with Gasteiger partial charge in [0.2, 0.25) is 0 Å². The zero-order valence-electron chi connectivity index (χ0n) is 13.5. The second-order valence-electron chi connectivity index (χ2n) is 4.97. The van der Waals surface area contributed by atoms with Crippen LogP contribution in [0.15, 0.2) is 30.5 Å². The summed E-state index contributed by atoms with van der Waals surface area (Å²) in [6.45, 7) is 0.646. The van der Waals surface area contributed by atoms with Crippen molar-refractivity contribution < 1.29 is 18.0 Å². The van der Waals surface area contributed by atoms with Gasteiger partial charge in [-0.2, -0.15) is 13.2 Å². The van der Waals surface area contributed by atoms with Crippen LogP contribution in [0, 0.1) is 0 Å². The molecule has 142 valence electrons. The summed E-state index contributed by atoms with van der Waals surface area (Å²) in [6.07, 6.45) is -1.96. The highest BCUT2D eigenvalue weighted by Crippen LogP contribution is 2.30. The normalized spacial score (nSPS) is 11.4. The molecule has 0 spiro atoms. The lowest BCUT2D eigenvalue weighted by atomic mass is 10.2. The molecule has 0 bridgehead atoms. The fourth-order valence-corrected chi connectivity index (χ4v) is 4.64. The van der Waals surface area contributed by atoms with E-state index in [9.17, 15) is 18.0 Å². The largest absolute Gasteiger partial charge is 0.416 e. The Morgan fingerprint density at radius 2 is 2.00 bits per heavy atom. The summed E-state index contributed by atoms with van der Waals surface area (Å²) in [7, 11) is 3.43. The molecule has 4 N–H and O–H groups in total. The van der Waals surface area contributed by atoms with Crippen LogP contribution in [0.3, 0.4) is 0 Å². The summed E-state index contributed by atoms with van der Waals surface area (Å²) >= 11 is 1.33. The number of thiazole rings is 1. The molecular weight excluding hydrogens is 405 g/mol. The lowest BCUT2D eigenvalue weighted by molar-refractivity contribution is -0.137. The highest BCUT2D eigenvalue weighted by Gasteiger charge is 2.30. The molecule has 2 aromatic rings. The Labute approximate surface area is 160 Å². The number of carbonyl (C=O) groups excluding carboxylic acids is 1. The number of hydrogen-bond donors (Lipinski definition) is 3. The van der Waals surface area contributed by atoms with Gasteiger partial charge < -0.3 is 11.1 Å². The highest BCUT2D eigenvalue weighted by molar-refractivity contribution is 8.76. The van der Waals surface area contributed by atoms with Gasteiger partial charge in [-0.15, -0.1) is 11.3 Å². The number of hydrogen-bond acceptors (Lipinski definition) is 6. The van der Waals surface area contributed by atoms with E-state index in [2.05, 4.69) is 15.6 Å². The van der Waals surface area contributed by atoms with Gasteiger partial charge in [-0.1, -0.05) is 27.7 Å². The lowest BCUT2D eigenvalue weighted by Crippen LogP contribution is -2.19. The van der Waals surface area contributed by atoms with Crippen molar-refractivity contribution in [2.24, 2.45) is 5.73 Å². The Morgan fingerprint density at radius 1 is 1.23 bits per heavy atom. The molecule has 1 heterocycles. The van der Waals surface area contributed by atoms with Crippen LogP contribution in [0.2, 0.25) is 0 Å². The van der Waals surface area contributed by atoms with Gasteiger partial charge in [0.05, 0.1) is 5.56 Å². The van der Waals surface area contributed by atoms with Crippen LogP contribution in [0.5, 0.6) is 0 Å². The fraction of sp³-hybridized carbons (Fsp3) is 0.333. The van der Waals surface area contributed by atoms with Crippen molar-refractivity contribution in [2.75, 3.05) is 28.7 Å². The second kappa shape index (κ2) is 10.0. The number of nitrogens with zero attached hydrogens (tertiary/aromatic N) is 1. The molecule has 26 heavy (non-hydrogen) atoms. The molecule has 0 saturated heterocycles. The zero-order chi connectivity index (χ0) is 19.0. The number of nitrogens with one attached hydrogen (secondary N) is 2. The van der Waals surface area contributed by atoms with Crippen LogP contribution >= 0.6 is 32.9 Å². The van der Waals surface area contributed by atoms with E-state index in [0.29, 0.717) is 11.7 Å². The molecule has 0 unspecified atom stereocenters. The number of aromatic nitrogens is 1. The molecule has 2 amide bonds. The van der Waals surface area contributed by atoms with Crippen molar-refractivity contribution in [2.45, 2.75) is 12.6 Å². The van der Waals surface area contributed by atoms with E-state index >= 15 is 0 Å². The van der Waals surface area contributed by atoms with Crippen LogP contribution in [-0.2, 0) is 12.6 Å². The minimum Gasteiger partial charge on any atom is -0.330 e. The quantitative estimate of drug-likeness (QED) is 0.425. The standard InChI is InChI=1S/C15H17F3N4OS3/c16-15(17,18)10-2-1-3-11(8-10)21-13(23)22-14-20-9-12(26-14)4-6-24-25-7-5-19/h1-3,8-9H,4-7,19H2,(H2,20,21,22,23). The summed E-state index contributed by atoms with van der Waals surface area (Å²) in [5.74, 6) is 1.80. The Morgan fingerprint density at radius 3 is 2.73 bits per heavy atom. The van der Waals surface area contributed by atoms with Crippen LogP contribution in [0.1, 0.15) is 10.4 Å². The number of anilines is 2. The number of rotatable bonds is 8. The third-order valence-electron chi connectivity index (χ3n) is 2.94. The lowest BCUT2D eigenvalue weighted by Gasteiger charge is -2.09. The molecule has 0 radical (unpaired) electrons. The second-order valence-corrected chi connectivity index (χ2v) is 8.79. The summed E-state index contributed by atoms with van der Waals surface area (Å²) in [6, 6.07) is 3.81. The van der Waals surface area contributed by atoms with Crippen LogP contribution < -0.4 is 16.4 Å². The average Bonchev–Trinajstić information content (AvgIpc) is 3.01. The number of carbonyl (C=O) groups is 1. The van der Waals surface area contributed by atoms with E-state index in [0.717, 1.165) is 34.9 Å². The summed E-state index contributed by atoms with van der Waals surface area (Å²) in [4.78, 5) is 17.0. The van der Waals surface area contributed by atoms with E-state index in [1.54, 1.807) is 27.8 Å². The van der Waals surface area contributed by atoms with E-state index in [-0.39, 0.29) is 5.69 Å². The van der Waals surface area contributed by atoms with E-state index in [1.807, 2.05) is 0 Å². The van der Waals surface area contributed by atoms with Gasteiger partial charge in [0.1, 0.15) is 0 Å². The fourth-order valence-electron chi connectivity index (χ4n) is 1.82. The third-order valence-corrected chi connectivity index (χ3v) is 6.35. The number of urea groups is 1. The van der Waals surface area contributed by atoms with Crippen LogP contribution in [0.4, 0.5) is 28.8 Å². The Bertz CT molecular complexity index is 724. The number of nitrogens with two attached hydrogens (primary N) is 1. The van der Waals surface area contributed by atoms with E-state index in [1.165, 1.54) is 23.5 Å². The molecule has 5 nitrogen and oxygen atoms in total. The van der Waals surface area contributed by atoms with E-state index < -0.39 is 17.8 Å². The van der Waals surface area contributed by atoms with Gasteiger partial charge in [-0.3, -0.25) is 5.32 Å². The van der Waals surface area contributed by atoms with Gasteiger partial charge in [-0.05, 0) is 24.6 Å². The van der Waals surface area contributed by atoms with Crippen molar-refractivity contribution in [3.8, 4) is 0 Å². The van der Waals surface area contributed by atoms with Crippen molar-refractivity contribution in [3.05, 3.63) is 40.9 Å². The molecule has 1 aromatic carbocycles. The summed E-state index contributed by atoms with van der Waals surface area (Å²) < 4.78 is 38.0. The molecule has 0 atom stereocenters. The number of halogens is 3. The maximum Gasteiger partial charge on any atom is 0.416 e. The minimum absolute atomic E-state index is 0.0578. The molecule has 0 aliphatic carbocycles. The number of benzene rings is 1. The highest BCUT2D eigenvalue weighted by atomic mass is 33.1. The smallest absolute Gasteiger partial charge is 0.330 e. The van der Waals surface area contributed by atoms with Crippen molar-refractivity contribution in [3.63, 3.8) is 0 Å². The third kappa shape index (κ3) is 7.06. The van der Waals surface area contributed by atoms with Gasteiger partial charge in [0, 0.05) is 34.8 Å². The first-order valence-electron chi connectivity index (χ1n) is 7.53. The van der Waals surface area contributed by atoms with Gasteiger partial charge >= 0.3 is 12.2 Å². The maximum absolute atomic E-state index is 12.7. The minimum atomic E-state index is -4.46. The molecule has 2 rings (SSSR count). The Hall–Kier alpha value is -1.43. The predicted molar refractivity (Wildman–Crippen MR) is 104 cm³/mol. The molecule has 0 fully saturated rings. The van der Waals surface area contributed by atoms with Crippen LogP contribution in [-0.4, -0.2) is 29.1 Å². The van der Waals surface area contributed by atoms with Gasteiger partial charge in [0.15, 0.2) is 5.13 Å². The number of aryl methyl sites for hydroxylation is 1. The van der Waals surface area contributed by atoms with Crippen LogP contribution in [0.25, 0.3) is 0 Å². The number of alkyl halides is 3. The number of amides is 2.